The second-order valence-corrected chi connectivity index (χ2v) is 6.52. The molecule has 3 rings (SSSR count). The molecule has 0 spiro atoms. The van der Waals surface area contributed by atoms with Crippen LogP contribution in [0.2, 0.25) is 5.02 Å². The monoisotopic (exact) mass is 375 g/mol. The molecule has 1 unspecified atom stereocenters. The quantitative estimate of drug-likeness (QED) is 0.840. The first kappa shape index (κ1) is 18.1. The number of hydrogen-bond acceptors (Lipinski definition) is 4. The molecule has 1 aliphatic rings. The second kappa shape index (κ2) is 7.66. The van der Waals surface area contributed by atoms with E-state index in [1.165, 1.54) is 0 Å². The number of carbonyl (C=O) groups is 2. The van der Waals surface area contributed by atoms with Gasteiger partial charge in [0.05, 0.1) is 0 Å². The highest BCUT2D eigenvalue weighted by atomic mass is 35.5. The summed E-state index contributed by atoms with van der Waals surface area (Å²) < 4.78 is 10.8. The van der Waals surface area contributed by atoms with Crippen LogP contribution in [0, 0.1) is 0 Å². The van der Waals surface area contributed by atoms with Gasteiger partial charge in [-0.05, 0) is 41.5 Å². The molecule has 0 bridgehead atoms. The van der Waals surface area contributed by atoms with Crippen molar-refractivity contribution in [1.29, 1.82) is 0 Å². The molecule has 26 heavy (non-hydrogen) atoms. The number of carbonyl (C=O) groups excluding carboxylic acids is 1. The van der Waals surface area contributed by atoms with Gasteiger partial charge in [0.2, 0.25) is 0 Å². The summed E-state index contributed by atoms with van der Waals surface area (Å²) in [4.78, 5) is 24.7. The van der Waals surface area contributed by atoms with Gasteiger partial charge in [-0.2, -0.15) is 0 Å². The van der Waals surface area contributed by atoms with Gasteiger partial charge in [-0.25, -0.2) is 4.79 Å². The molecule has 2 aromatic carbocycles. The van der Waals surface area contributed by atoms with E-state index < -0.39 is 12.1 Å². The van der Waals surface area contributed by atoms with Gasteiger partial charge in [0.15, 0.2) is 12.7 Å². The van der Waals surface area contributed by atoms with Crippen LogP contribution in [0.4, 0.5) is 0 Å². The molecule has 136 valence electrons. The number of rotatable bonds is 6. The van der Waals surface area contributed by atoms with Crippen molar-refractivity contribution in [2.75, 3.05) is 13.7 Å². The van der Waals surface area contributed by atoms with Gasteiger partial charge in [-0.15, -0.1) is 0 Å². The molecule has 1 N–H and O–H groups in total. The molecule has 2 aromatic rings. The summed E-state index contributed by atoms with van der Waals surface area (Å²) in [7, 11) is 1.72. The fourth-order valence-corrected chi connectivity index (χ4v) is 2.98. The molecule has 7 heteroatoms. The molecule has 0 fully saturated rings. The van der Waals surface area contributed by atoms with Crippen LogP contribution in [0.25, 0.3) is 0 Å². The number of benzene rings is 2. The van der Waals surface area contributed by atoms with E-state index in [0.29, 0.717) is 29.5 Å². The van der Waals surface area contributed by atoms with Crippen LogP contribution >= 0.6 is 11.6 Å². The Morgan fingerprint density at radius 3 is 2.69 bits per heavy atom. The van der Waals surface area contributed by atoms with Gasteiger partial charge < -0.3 is 19.5 Å². The van der Waals surface area contributed by atoms with Gasteiger partial charge in [0.1, 0.15) is 11.5 Å². The number of amides is 1. The number of likely N-dealkylation sites (N-methyl/N-ethyl adjacent to an activating group) is 1. The molecular formula is C19H18ClNO5. The van der Waals surface area contributed by atoms with Crippen molar-refractivity contribution in [3.05, 3.63) is 58.6 Å². The number of ether oxygens (including phenoxy) is 2. The second-order valence-electron chi connectivity index (χ2n) is 6.08. The number of hydrogen-bond donors (Lipinski definition) is 1. The minimum absolute atomic E-state index is 0.108. The molecular weight excluding hydrogens is 358 g/mol. The minimum Gasteiger partial charge on any atom is -0.482 e. The van der Waals surface area contributed by atoms with Gasteiger partial charge in [0, 0.05) is 25.0 Å². The summed E-state index contributed by atoms with van der Waals surface area (Å²) in [6.07, 6.45) is -0.0484. The summed E-state index contributed by atoms with van der Waals surface area (Å²) in [6, 6.07) is 12.3. The van der Waals surface area contributed by atoms with Crippen LogP contribution in [-0.2, 0) is 22.6 Å². The number of carboxylic acid groups (broad SMARTS) is 1. The van der Waals surface area contributed by atoms with Crippen LogP contribution in [-0.4, -0.2) is 41.6 Å². The molecule has 1 heterocycles. The molecule has 0 radical (unpaired) electrons. The Morgan fingerprint density at radius 1 is 1.27 bits per heavy atom. The van der Waals surface area contributed by atoms with Crippen LogP contribution in [0.5, 0.6) is 11.5 Å². The van der Waals surface area contributed by atoms with Crippen LogP contribution < -0.4 is 9.47 Å². The molecule has 6 nitrogen and oxygen atoms in total. The summed E-state index contributed by atoms with van der Waals surface area (Å²) in [5.74, 6) is 0.0273. The molecule has 1 aliphatic heterocycles. The highest BCUT2D eigenvalue weighted by Crippen LogP contribution is 2.31. The molecule has 1 amide bonds. The largest absolute Gasteiger partial charge is 0.482 e. The summed E-state index contributed by atoms with van der Waals surface area (Å²) in [5.41, 5.74) is 1.84. The lowest BCUT2D eigenvalue weighted by molar-refractivity contribution is -0.139. The highest BCUT2D eigenvalue weighted by Gasteiger charge is 2.31. The Labute approximate surface area is 155 Å². The third-order valence-corrected chi connectivity index (χ3v) is 4.29. The van der Waals surface area contributed by atoms with Crippen molar-refractivity contribution in [2.45, 2.75) is 19.1 Å². The predicted molar refractivity (Wildman–Crippen MR) is 95.6 cm³/mol. The zero-order valence-corrected chi connectivity index (χ0v) is 14.9. The number of nitrogens with zero attached hydrogens (tertiary/aromatic N) is 1. The third-order valence-electron chi connectivity index (χ3n) is 4.05. The van der Waals surface area contributed by atoms with Crippen LogP contribution in [0.3, 0.4) is 0 Å². The average molecular weight is 376 g/mol. The predicted octanol–water partition coefficient (Wildman–Crippen LogP) is 2.77. The fourth-order valence-electron chi connectivity index (χ4n) is 2.79. The Kier molecular flexibility index (Phi) is 5.32. The van der Waals surface area contributed by atoms with Crippen molar-refractivity contribution in [1.82, 2.24) is 4.90 Å². The van der Waals surface area contributed by atoms with E-state index >= 15 is 0 Å². The average Bonchev–Trinajstić information content (AvgIpc) is 3.03. The summed E-state index contributed by atoms with van der Waals surface area (Å²) >= 11 is 5.98. The highest BCUT2D eigenvalue weighted by molar-refractivity contribution is 6.30. The van der Waals surface area contributed by atoms with E-state index in [0.717, 1.165) is 11.1 Å². The third kappa shape index (κ3) is 4.26. The van der Waals surface area contributed by atoms with E-state index in [-0.39, 0.29) is 12.5 Å². The smallest absolute Gasteiger partial charge is 0.341 e. The first-order valence-electron chi connectivity index (χ1n) is 8.06. The van der Waals surface area contributed by atoms with E-state index in [9.17, 15) is 9.59 Å². The Bertz CT molecular complexity index is 821. The fraction of sp³-hybridized carbons (Fsp3) is 0.263. The molecule has 0 aliphatic carbocycles. The van der Waals surface area contributed by atoms with Crippen molar-refractivity contribution >= 4 is 23.5 Å². The summed E-state index contributed by atoms with van der Waals surface area (Å²) in [6.45, 7) is 0.0241. The van der Waals surface area contributed by atoms with E-state index in [2.05, 4.69) is 0 Å². The lowest BCUT2D eigenvalue weighted by Gasteiger charge is -2.21. The van der Waals surface area contributed by atoms with E-state index in [1.54, 1.807) is 48.3 Å². The van der Waals surface area contributed by atoms with Crippen molar-refractivity contribution in [2.24, 2.45) is 0 Å². The SMILES string of the molecule is CN(Cc1ccc(OCC(=O)O)cc1)C(=O)C1Cc2cc(Cl)ccc2O1. The van der Waals surface area contributed by atoms with E-state index in [4.69, 9.17) is 26.2 Å². The maximum atomic E-state index is 12.6. The Morgan fingerprint density at radius 2 is 2.00 bits per heavy atom. The molecule has 0 saturated heterocycles. The normalized spacial score (nSPS) is 15.1. The minimum atomic E-state index is -1.03. The van der Waals surface area contributed by atoms with Gasteiger partial charge in [-0.1, -0.05) is 23.7 Å². The van der Waals surface area contributed by atoms with Crippen molar-refractivity contribution in [3.8, 4) is 11.5 Å². The van der Waals surface area contributed by atoms with E-state index in [1.807, 2.05) is 6.07 Å². The lowest BCUT2D eigenvalue weighted by atomic mass is 10.1. The first-order chi connectivity index (χ1) is 12.4. The maximum absolute atomic E-state index is 12.6. The zero-order valence-electron chi connectivity index (χ0n) is 14.1. The topological polar surface area (TPSA) is 76.1 Å². The standard InChI is InChI=1S/C19H18ClNO5/c1-21(10-12-2-5-15(6-3-12)25-11-18(22)23)19(24)17-9-13-8-14(20)4-7-16(13)26-17/h2-8,17H,9-11H2,1H3,(H,22,23). The Hall–Kier alpha value is -2.73. The van der Waals surface area contributed by atoms with Gasteiger partial charge in [0.25, 0.3) is 5.91 Å². The zero-order chi connectivity index (χ0) is 18.7. The van der Waals surface area contributed by atoms with Crippen LogP contribution in [0.15, 0.2) is 42.5 Å². The number of halogens is 1. The molecule has 0 saturated carbocycles. The van der Waals surface area contributed by atoms with Crippen molar-refractivity contribution in [3.63, 3.8) is 0 Å². The number of carboxylic acids is 1. The number of fused-ring (bicyclic) bond motifs is 1. The first-order valence-corrected chi connectivity index (χ1v) is 8.44. The molecule has 0 aromatic heterocycles. The summed E-state index contributed by atoms with van der Waals surface area (Å²) in [5, 5.41) is 9.23. The van der Waals surface area contributed by atoms with Gasteiger partial charge >= 0.3 is 5.97 Å². The van der Waals surface area contributed by atoms with Crippen LogP contribution in [0.1, 0.15) is 11.1 Å². The number of aliphatic carboxylic acids is 1. The lowest BCUT2D eigenvalue weighted by Crippen LogP contribution is -2.38. The van der Waals surface area contributed by atoms with Gasteiger partial charge in [-0.3, -0.25) is 4.79 Å². The van der Waals surface area contributed by atoms with Crippen molar-refractivity contribution < 1.29 is 24.2 Å². The maximum Gasteiger partial charge on any atom is 0.341 e. The Balaban J connectivity index is 1.57. The molecule has 1 atom stereocenters.